The zero-order chi connectivity index (χ0) is 13.1. The summed E-state index contributed by atoms with van der Waals surface area (Å²) in [5.41, 5.74) is 0.0875. The predicted octanol–water partition coefficient (Wildman–Crippen LogP) is 1.34. The Morgan fingerprint density at radius 2 is 2.06 bits per heavy atom. The van der Waals surface area contributed by atoms with Crippen LogP contribution in [0, 0.1) is 0 Å². The predicted molar refractivity (Wildman–Crippen MR) is 65.8 cm³/mol. The molecule has 6 heteroatoms. The molecule has 0 heterocycles. The SMILES string of the molecule is C=CCS(=O)(=O)N(C)c1ccccc1C(=O)O. The zero-order valence-corrected chi connectivity index (χ0v) is 10.1. The highest BCUT2D eigenvalue weighted by Crippen LogP contribution is 2.21. The van der Waals surface area contributed by atoms with Crippen molar-refractivity contribution in [3.63, 3.8) is 0 Å². The van der Waals surface area contributed by atoms with Crippen LogP contribution in [-0.4, -0.2) is 32.3 Å². The van der Waals surface area contributed by atoms with Crippen molar-refractivity contribution in [2.24, 2.45) is 0 Å². The van der Waals surface area contributed by atoms with Gasteiger partial charge in [-0.15, -0.1) is 6.58 Å². The third-order valence-corrected chi connectivity index (χ3v) is 3.91. The van der Waals surface area contributed by atoms with Gasteiger partial charge in [0.15, 0.2) is 0 Å². The van der Waals surface area contributed by atoms with Gasteiger partial charge >= 0.3 is 5.97 Å². The van der Waals surface area contributed by atoms with Crippen LogP contribution in [0.5, 0.6) is 0 Å². The summed E-state index contributed by atoms with van der Waals surface area (Å²) in [5.74, 6) is -1.40. The highest BCUT2D eigenvalue weighted by molar-refractivity contribution is 7.92. The molecule has 0 unspecified atom stereocenters. The highest BCUT2D eigenvalue weighted by atomic mass is 32.2. The Labute approximate surface area is 100 Å². The second kappa shape index (κ2) is 5.01. The molecule has 1 aromatic rings. The van der Waals surface area contributed by atoms with Crippen LogP contribution in [0.2, 0.25) is 0 Å². The molecule has 0 aromatic heterocycles. The maximum atomic E-state index is 11.8. The number of hydrogen-bond acceptors (Lipinski definition) is 3. The molecule has 0 spiro atoms. The average Bonchev–Trinajstić information content (AvgIpc) is 2.28. The number of carboxylic acids is 1. The Hall–Kier alpha value is -1.82. The minimum absolute atomic E-state index is 0.0531. The molecule has 5 nitrogen and oxygen atoms in total. The van der Waals surface area contributed by atoms with Gasteiger partial charge in [0.05, 0.1) is 17.0 Å². The molecule has 0 aliphatic carbocycles. The topological polar surface area (TPSA) is 74.7 Å². The molecular weight excluding hydrogens is 242 g/mol. The third-order valence-electron chi connectivity index (χ3n) is 2.22. The molecule has 0 fully saturated rings. The molecule has 0 amide bonds. The third kappa shape index (κ3) is 2.85. The van der Waals surface area contributed by atoms with Gasteiger partial charge in [-0.2, -0.15) is 0 Å². The number of rotatable bonds is 5. The second-order valence-corrected chi connectivity index (χ2v) is 5.40. The molecule has 0 bridgehead atoms. The van der Waals surface area contributed by atoms with Crippen LogP contribution in [-0.2, 0) is 10.0 Å². The fraction of sp³-hybridized carbons (Fsp3) is 0.182. The number of anilines is 1. The zero-order valence-electron chi connectivity index (χ0n) is 9.33. The van der Waals surface area contributed by atoms with Gasteiger partial charge in [-0.1, -0.05) is 18.2 Å². The lowest BCUT2D eigenvalue weighted by molar-refractivity contribution is 0.0698. The van der Waals surface area contributed by atoms with E-state index in [-0.39, 0.29) is 17.0 Å². The molecule has 0 saturated heterocycles. The number of carboxylic acid groups (broad SMARTS) is 1. The van der Waals surface area contributed by atoms with Crippen LogP contribution in [0.4, 0.5) is 5.69 Å². The monoisotopic (exact) mass is 255 g/mol. The fourth-order valence-corrected chi connectivity index (χ4v) is 2.32. The lowest BCUT2D eigenvalue weighted by Crippen LogP contribution is -2.29. The number of aromatic carboxylic acids is 1. The number of benzene rings is 1. The Bertz CT molecular complexity index is 536. The number of para-hydroxylation sites is 1. The molecule has 1 rings (SSSR count). The molecule has 1 aromatic carbocycles. The van der Waals surface area contributed by atoms with Gasteiger partial charge in [-0.3, -0.25) is 4.31 Å². The molecule has 0 aliphatic rings. The summed E-state index contributed by atoms with van der Waals surface area (Å²) >= 11 is 0. The van der Waals surface area contributed by atoms with Crippen molar-refractivity contribution < 1.29 is 18.3 Å². The molecule has 17 heavy (non-hydrogen) atoms. The lowest BCUT2D eigenvalue weighted by atomic mass is 10.2. The summed E-state index contributed by atoms with van der Waals surface area (Å²) in [6.07, 6.45) is 1.26. The first-order valence-electron chi connectivity index (χ1n) is 4.80. The highest BCUT2D eigenvalue weighted by Gasteiger charge is 2.21. The van der Waals surface area contributed by atoms with E-state index < -0.39 is 16.0 Å². The molecule has 0 radical (unpaired) electrons. The first-order chi connectivity index (χ1) is 7.90. The summed E-state index contributed by atoms with van der Waals surface area (Å²) < 4.78 is 24.5. The van der Waals surface area contributed by atoms with Gasteiger partial charge in [0.1, 0.15) is 0 Å². The fourth-order valence-electron chi connectivity index (χ4n) is 1.34. The van der Waals surface area contributed by atoms with E-state index in [1.165, 1.54) is 25.3 Å². The van der Waals surface area contributed by atoms with E-state index in [9.17, 15) is 13.2 Å². The Kier molecular flexibility index (Phi) is 3.90. The van der Waals surface area contributed by atoms with Crippen LogP contribution in [0.1, 0.15) is 10.4 Å². The van der Waals surface area contributed by atoms with E-state index in [1.54, 1.807) is 12.1 Å². The minimum atomic E-state index is -3.57. The molecule has 0 saturated carbocycles. The number of carbonyl (C=O) groups is 1. The van der Waals surface area contributed by atoms with Crippen LogP contribution in [0.3, 0.4) is 0 Å². The van der Waals surface area contributed by atoms with Crippen molar-refractivity contribution in [1.82, 2.24) is 0 Å². The molecule has 0 aliphatic heterocycles. The summed E-state index contributed by atoms with van der Waals surface area (Å²) in [5, 5.41) is 8.97. The quantitative estimate of drug-likeness (QED) is 0.806. The van der Waals surface area contributed by atoms with Crippen molar-refractivity contribution in [3.8, 4) is 0 Å². The lowest BCUT2D eigenvalue weighted by Gasteiger charge is -2.20. The standard InChI is InChI=1S/C11H13NO4S/c1-3-8-17(15,16)12(2)10-7-5-4-6-9(10)11(13)14/h3-7H,1,8H2,2H3,(H,13,14). The molecule has 92 valence electrons. The van der Waals surface area contributed by atoms with Crippen LogP contribution < -0.4 is 4.31 Å². The van der Waals surface area contributed by atoms with Gasteiger partial charge in [0.2, 0.25) is 10.0 Å². The van der Waals surface area contributed by atoms with Crippen LogP contribution in [0.25, 0.3) is 0 Å². The maximum absolute atomic E-state index is 11.8. The van der Waals surface area contributed by atoms with E-state index in [4.69, 9.17) is 5.11 Å². The Balaban J connectivity index is 3.26. The maximum Gasteiger partial charge on any atom is 0.337 e. The van der Waals surface area contributed by atoms with E-state index >= 15 is 0 Å². The van der Waals surface area contributed by atoms with Gasteiger partial charge in [-0.05, 0) is 12.1 Å². The number of nitrogens with zero attached hydrogens (tertiary/aromatic N) is 1. The van der Waals surface area contributed by atoms with Crippen molar-refractivity contribution in [1.29, 1.82) is 0 Å². The summed E-state index contributed by atoms with van der Waals surface area (Å²) in [7, 11) is -2.25. The minimum Gasteiger partial charge on any atom is -0.478 e. The van der Waals surface area contributed by atoms with Gasteiger partial charge in [-0.25, -0.2) is 13.2 Å². The van der Waals surface area contributed by atoms with Crippen molar-refractivity contribution in [3.05, 3.63) is 42.5 Å². The smallest absolute Gasteiger partial charge is 0.337 e. The van der Waals surface area contributed by atoms with Crippen molar-refractivity contribution >= 4 is 21.7 Å². The Morgan fingerprint density at radius 1 is 1.47 bits per heavy atom. The Morgan fingerprint density at radius 3 is 2.59 bits per heavy atom. The summed E-state index contributed by atoms with van der Waals surface area (Å²) in [4.78, 5) is 11.0. The molecule has 1 N–H and O–H groups in total. The second-order valence-electron chi connectivity index (χ2n) is 3.36. The van der Waals surface area contributed by atoms with Gasteiger partial charge in [0.25, 0.3) is 0 Å². The molecule has 0 atom stereocenters. The summed E-state index contributed by atoms with van der Waals surface area (Å²) in [6, 6.07) is 5.93. The van der Waals surface area contributed by atoms with Crippen LogP contribution >= 0.6 is 0 Å². The van der Waals surface area contributed by atoms with E-state index in [2.05, 4.69) is 6.58 Å². The molecular formula is C11H13NO4S. The van der Waals surface area contributed by atoms with E-state index in [1.807, 2.05) is 0 Å². The van der Waals surface area contributed by atoms with Gasteiger partial charge in [0, 0.05) is 7.05 Å². The van der Waals surface area contributed by atoms with E-state index in [0.717, 1.165) is 4.31 Å². The first-order valence-corrected chi connectivity index (χ1v) is 6.41. The van der Waals surface area contributed by atoms with Crippen molar-refractivity contribution in [2.45, 2.75) is 0 Å². The van der Waals surface area contributed by atoms with Crippen LogP contribution in [0.15, 0.2) is 36.9 Å². The summed E-state index contributed by atoms with van der Waals surface area (Å²) in [6.45, 7) is 3.36. The largest absolute Gasteiger partial charge is 0.478 e. The number of hydrogen-bond donors (Lipinski definition) is 1. The number of sulfonamides is 1. The average molecular weight is 255 g/mol. The first kappa shape index (κ1) is 13.2. The normalized spacial score (nSPS) is 10.9. The van der Waals surface area contributed by atoms with Gasteiger partial charge < -0.3 is 5.11 Å². The van der Waals surface area contributed by atoms with E-state index in [0.29, 0.717) is 0 Å². The van der Waals surface area contributed by atoms with Crippen molar-refractivity contribution in [2.75, 3.05) is 17.1 Å².